The minimum Gasteiger partial charge on any atom is -0.303 e. The fraction of sp³-hybridized carbons (Fsp3) is 0.722. The topological polar surface area (TPSA) is 24.3 Å². The molecule has 122 valence electrons. The average molecular weight is 302 g/mol. The summed E-state index contributed by atoms with van der Waals surface area (Å²) in [5.41, 5.74) is 0. The molecular weight excluding hydrogens is 272 g/mol. The Labute approximate surface area is 134 Å². The Morgan fingerprint density at radius 3 is 2.68 bits per heavy atom. The molecule has 1 aliphatic carbocycles. The number of hydrogen-bond donors (Lipinski definition) is 0. The van der Waals surface area contributed by atoms with Crippen molar-refractivity contribution in [2.45, 2.75) is 44.7 Å². The van der Waals surface area contributed by atoms with Gasteiger partial charge in [0.05, 0.1) is 6.54 Å². The van der Waals surface area contributed by atoms with E-state index in [0.717, 1.165) is 25.0 Å². The summed E-state index contributed by atoms with van der Waals surface area (Å²) in [6, 6.07) is 2.79. The fourth-order valence-electron chi connectivity index (χ4n) is 3.84. The third kappa shape index (κ3) is 4.43. The van der Waals surface area contributed by atoms with Gasteiger partial charge in [-0.15, -0.1) is 0 Å². The van der Waals surface area contributed by atoms with Crippen LogP contribution in [-0.4, -0.2) is 58.8 Å². The van der Waals surface area contributed by atoms with Crippen LogP contribution in [0.15, 0.2) is 30.6 Å². The summed E-state index contributed by atoms with van der Waals surface area (Å²) in [6.07, 6.45) is 15.2. The highest BCUT2D eigenvalue weighted by atomic mass is 15.3. The Morgan fingerprint density at radius 2 is 2.00 bits per heavy atom. The number of hydrogen-bond acceptors (Lipinski definition) is 3. The molecule has 0 bridgehead atoms. The van der Waals surface area contributed by atoms with Crippen LogP contribution in [0.1, 0.15) is 32.1 Å². The van der Waals surface area contributed by atoms with Gasteiger partial charge >= 0.3 is 0 Å². The first-order chi connectivity index (χ1) is 10.8. The van der Waals surface area contributed by atoms with Crippen molar-refractivity contribution in [3.63, 3.8) is 0 Å². The van der Waals surface area contributed by atoms with Gasteiger partial charge in [0.15, 0.2) is 0 Å². The second kappa shape index (κ2) is 7.93. The van der Waals surface area contributed by atoms with Gasteiger partial charge < -0.3 is 9.80 Å². The summed E-state index contributed by atoms with van der Waals surface area (Å²) in [4.78, 5) is 5.23. The molecule has 2 heterocycles. The van der Waals surface area contributed by atoms with E-state index in [2.05, 4.69) is 40.3 Å². The fourth-order valence-corrected chi connectivity index (χ4v) is 3.84. The van der Waals surface area contributed by atoms with E-state index in [9.17, 15) is 0 Å². The third-order valence-corrected chi connectivity index (χ3v) is 5.31. The maximum Gasteiger partial charge on any atom is 0.0536 e. The zero-order chi connectivity index (χ0) is 15.2. The predicted octanol–water partition coefficient (Wildman–Crippen LogP) is 2.64. The molecule has 1 atom stereocenters. The molecule has 4 heteroatoms. The van der Waals surface area contributed by atoms with E-state index in [4.69, 9.17) is 0 Å². The lowest BCUT2D eigenvalue weighted by atomic mass is 9.93. The monoisotopic (exact) mass is 302 g/mol. The molecule has 1 unspecified atom stereocenters. The van der Waals surface area contributed by atoms with E-state index in [1.165, 1.54) is 51.7 Å². The molecule has 0 saturated carbocycles. The van der Waals surface area contributed by atoms with Crippen molar-refractivity contribution in [1.82, 2.24) is 19.6 Å². The lowest BCUT2D eigenvalue weighted by Crippen LogP contribution is -2.45. The Balaban J connectivity index is 1.36. The minimum atomic E-state index is 0.784. The molecule has 1 aromatic rings. The lowest BCUT2D eigenvalue weighted by Gasteiger charge is -2.38. The molecular formula is C18H30N4. The van der Waals surface area contributed by atoms with Crippen molar-refractivity contribution in [3.8, 4) is 0 Å². The summed E-state index contributed by atoms with van der Waals surface area (Å²) in [5, 5.41) is 4.29. The van der Waals surface area contributed by atoms with Crippen LogP contribution in [0, 0.1) is 5.92 Å². The summed E-state index contributed by atoms with van der Waals surface area (Å²) in [6.45, 7) is 5.90. The Morgan fingerprint density at radius 1 is 1.14 bits per heavy atom. The smallest absolute Gasteiger partial charge is 0.0536 e. The van der Waals surface area contributed by atoms with E-state index in [-0.39, 0.29) is 0 Å². The molecule has 1 aromatic heterocycles. The highest BCUT2D eigenvalue weighted by Crippen LogP contribution is 2.22. The van der Waals surface area contributed by atoms with Gasteiger partial charge in [-0.3, -0.25) is 4.68 Å². The van der Waals surface area contributed by atoms with Crippen LogP contribution in [0.4, 0.5) is 0 Å². The van der Waals surface area contributed by atoms with Crippen LogP contribution >= 0.6 is 0 Å². The first-order valence-corrected chi connectivity index (χ1v) is 8.86. The molecule has 0 radical (unpaired) electrons. The van der Waals surface area contributed by atoms with Crippen molar-refractivity contribution >= 4 is 0 Å². The first-order valence-electron chi connectivity index (χ1n) is 8.86. The standard InChI is InChI=1S/C18H30N4/c1-20(16-17-6-3-2-4-7-17)18-8-12-21(13-9-18)14-15-22-11-5-10-19-22/h2-3,5,10-11,17-18H,4,6-9,12-16H2,1H3. The average Bonchev–Trinajstić information content (AvgIpc) is 3.08. The van der Waals surface area contributed by atoms with E-state index < -0.39 is 0 Å². The number of allylic oxidation sites excluding steroid dienone is 2. The highest BCUT2D eigenvalue weighted by Gasteiger charge is 2.24. The SMILES string of the molecule is CN(CC1CC=CCC1)C1CCN(CCn2cccn2)CC1. The molecule has 2 aliphatic rings. The van der Waals surface area contributed by atoms with Gasteiger partial charge in [0.2, 0.25) is 0 Å². The lowest BCUT2D eigenvalue weighted by molar-refractivity contribution is 0.111. The summed E-state index contributed by atoms with van der Waals surface area (Å²) in [7, 11) is 2.34. The van der Waals surface area contributed by atoms with Crippen molar-refractivity contribution in [2.24, 2.45) is 5.92 Å². The Hall–Kier alpha value is -1.13. The quantitative estimate of drug-likeness (QED) is 0.755. The summed E-state index contributed by atoms with van der Waals surface area (Å²) >= 11 is 0. The van der Waals surface area contributed by atoms with E-state index >= 15 is 0 Å². The van der Waals surface area contributed by atoms with Gasteiger partial charge in [-0.25, -0.2) is 0 Å². The maximum atomic E-state index is 4.29. The first kappa shape index (κ1) is 15.8. The van der Waals surface area contributed by atoms with Crippen LogP contribution in [0.3, 0.4) is 0 Å². The molecule has 1 aliphatic heterocycles. The van der Waals surface area contributed by atoms with Crippen LogP contribution in [0.5, 0.6) is 0 Å². The molecule has 0 spiro atoms. The van der Waals surface area contributed by atoms with Gasteiger partial charge in [-0.05, 0) is 64.2 Å². The van der Waals surface area contributed by atoms with E-state index in [1.807, 2.05) is 16.9 Å². The van der Waals surface area contributed by atoms with E-state index in [0.29, 0.717) is 0 Å². The van der Waals surface area contributed by atoms with Crippen molar-refractivity contribution in [1.29, 1.82) is 0 Å². The van der Waals surface area contributed by atoms with Gasteiger partial charge in [-0.1, -0.05) is 12.2 Å². The molecule has 4 nitrogen and oxygen atoms in total. The Kier molecular flexibility index (Phi) is 5.68. The third-order valence-electron chi connectivity index (χ3n) is 5.31. The number of piperidine rings is 1. The van der Waals surface area contributed by atoms with Crippen molar-refractivity contribution in [2.75, 3.05) is 33.2 Å². The van der Waals surface area contributed by atoms with Crippen LogP contribution in [0.25, 0.3) is 0 Å². The molecule has 0 aromatic carbocycles. The van der Waals surface area contributed by atoms with Crippen LogP contribution in [0.2, 0.25) is 0 Å². The molecule has 22 heavy (non-hydrogen) atoms. The van der Waals surface area contributed by atoms with Crippen molar-refractivity contribution in [3.05, 3.63) is 30.6 Å². The second-order valence-corrected chi connectivity index (χ2v) is 6.93. The number of rotatable bonds is 6. The molecule has 3 rings (SSSR count). The number of aromatic nitrogens is 2. The minimum absolute atomic E-state index is 0.784. The van der Waals surface area contributed by atoms with Crippen molar-refractivity contribution < 1.29 is 0 Å². The molecule has 1 fully saturated rings. The molecule has 1 saturated heterocycles. The zero-order valence-electron chi connectivity index (χ0n) is 13.9. The highest BCUT2D eigenvalue weighted by molar-refractivity contribution is 4.91. The summed E-state index contributed by atoms with van der Waals surface area (Å²) < 4.78 is 2.04. The van der Waals surface area contributed by atoms with Gasteiger partial charge in [-0.2, -0.15) is 5.10 Å². The molecule has 0 N–H and O–H groups in total. The normalized spacial score (nSPS) is 24.2. The van der Waals surface area contributed by atoms with Gasteiger partial charge in [0, 0.05) is 31.5 Å². The van der Waals surface area contributed by atoms with E-state index in [1.54, 1.807) is 0 Å². The van der Waals surface area contributed by atoms with Gasteiger partial charge in [0.25, 0.3) is 0 Å². The van der Waals surface area contributed by atoms with Crippen LogP contribution in [-0.2, 0) is 6.54 Å². The maximum absolute atomic E-state index is 4.29. The Bertz CT molecular complexity index is 446. The number of likely N-dealkylation sites (tertiary alicyclic amines) is 1. The van der Waals surface area contributed by atoms with Crippen LogP contribution < -0.4 is 0 Å². The second-order valence-electron chi connectivity index (χ2n) is 6.93. The largest absolute Gasteiger partial charge is 0.303 e. The number of nitrogens with zero attached hydrogens (tertiary/aromatic N) is 4. The predicted molar refractivity (Wildman–Crippen MR) is 90.8 cm³/mol. The zero-order valence-corrected chi connectivity index (χ0v) is 13.9. The summed E-state index contributed by atoms with van der Waals surface area (Å²) in [5.74, 6) is 0.882. The van der Waals surface area contributed by atoms with Gasteiger partial charge in [0.1, 0.15) is 0 Å². The molecule has 0 amide bonds.